The number of phenolic OH excluding ortho intramolecular Hbond substituents is 2. The summed E-state index contributed by atoms with van der Waals surface area (Å²) >= 11 is 0. The highest BCUT2D eigenvalue weighted by atomic mass is 16.5. The minimum atomic E-state index is -0.523. The van der Waals surface area contributed by atoms with Crippen molar-refractivity contribution in [2.24, 2.45) is 0 Å². The molecule has 11 heteroatoms. The average molecular weight is 764 g/mol. The van der Waals surface area contributed by atoms with Crippen LogP contribution in [0.3, 0.4) is 0 Å². The molecule has 0 bridgehead atoms. The van der Waals surface area contributed by atoms with E-state index in [0.29, 0.717) is 28.3 Å². The predicted molar refractivity (Wildman–Crippen MR) is 226 cm³/mol. The molecule has 0 aliphatic carbocycles. The molecule has 5 rings (SSSR count). The number of nitrogens with zero attached hydrogens (tertiary/aromatic N) is 6. The van der Waals surface area contributed by atoms with E-state index in [1.54, 1.807) is 18.0 Å². The monoisotopic (exact) mass is 763 g/mol. The van der Waals surface area contributed by atoms with E-state index in [-0.39, 0.29) is 29.0 Å². The van der Waals surface area contributed by atoms with Crippen LogP contribution in [0.1, 0.15) is 66.6 Å². The average Bonchev–Trinajstić information content (AvgIpc) is 3.19. The van der Waals surface area contributed by atoms with Gasteiger partial charge in [0.05, 0.1) is 34.7 Å². The van der Waals surface area contributed by atoms with Gasteiger partial charge in [-0.25, -0.2) is 0 Å². The number of ether oxygens (including phenoxy) is 2. The first kappa shape index (κ1) is 44.1. The zero-order valence-electron chi connectivity index (χ0n) is 34.1. The molecule has 0 saturated heterocycles. The Morgan fingerprint density at radius 1 is 0.579 bits per heavy atom. The lowest BCUT2D eigenvalue weighted by molar-refractivity contribution is 0.198. The van der Waals surface area contributed by atoms with Crippen molar-refractivity contribution in [3.8, 4) is 47.3 Å². The number of nitriles is 4. The van der Waals surface area contributed by atoms with Crippen molar-refractivity contribution in [3.63, 3.8) is 0 Å². The third kappa shape index (κ3) is 11.3. The van der Waals surface area contributed by atoms with Crippen LogP contribution in [0.5, 0.6) is 23.0 Å². The van der Waals surface area contributed by atoms with Crippen LogP contribution >= 0.6 is 0 Å². The molecule has 0 amide bonds. The van der Waals surface area contributed by atoms with Gasteiger partial charge in [0.2, 0.25) is 0 Å². The summed E-state index contributed by atoms with van der Waals surface area (Å²) < 4.78 is 11.8. The number of nitrogens with one attached hydrogen (secondary N) is 1. The van der Waals surface area contributed by atoms with Crippen LogP contribution < -0.4 is 24.6 Å². The van der Waals surface area contributed by atoms with Crippen molar-refractivity contribution in [2.75, 3.05) is 36.3 Å². The molecule has 0 fully saturated rings. The Hall–Kier alpha value is -7.34. The molecule has 5 aromatic carbocycles. The van der Waals surface area contributed by atoms with Gasteiger partial charge in [-0.3, -0.25) is 0 Å². The highest BCUT2D eigenvalue weighted by Gasteiger charge is 2.25. The Labute approximate surface area is 336 Å². The standard InChI is InChI=1S/C22H25N3O2.C16H13N3O2.C8H11N/c1-14(2)26-20-11-17(12-23)21(19(13-24)22(20)27-15(3)4)25(6)18-9-7-16(5)8-10-18;1-10-3-5-12(6-4-10)19(2)15-11(8-17)7-14(20)16(21)13(15)9-18;1-7-3-5-8(9-2)6-4-7/h7-11,14-15H,1-6H3;3-7,20-21H,1-2H3;3-6,9H,1-2H3. The maximum atomic E-state index is 9.91. The zero-order chi connectivity index (χ0) is 42.4. The molecule has 11 nitrogen and oxygen atoms in total. The molecule has 0 saturated carbocycles. The van der Waals surface area contributed by atoms with Crippen LogP contribution in [0.15, 0.2) is 84.9 Å². The fourth-order valence-corrected chi connectivity index (χ4v) is 5.56. The molecular weight excluding hydrogens is 715 g/mol. The van der Waals surface area contributed by atoms with E-state index in [1.807, 2.05) is 121 Å². The second-order valence-electron chi connectivity index (χ2n) is 13.7. The quantitative estimate of drug-likeness (QED) is 0.122. The van der Waals surface area contributed by atoms with Crippen LogP contribution in [0.2, 0.25) is 0 Å². The summed E-state index contributed by atoms with van der Waals surface area (Å²) in [5.74, 6) is -0.225. The van der Waals surface area contributed by atoms with E-state index >= 15 is 0 Å². The second kappa shape index (κ2) is 20.4. The van der Waals surface area contributed by atoms with Gasteiger partial charge in [-0.15, -0.1) is 0 Å². The maximum Gasteiger partial charge on any atom is 0.181 e. The fourth-order valence-electron chi connectivity index (χ4n) is 5.56. The Bertz CT molecular complexity index is 2310. The summed E-state index contributed by atoms with van der Waals surface area (Å²) in [4.78, 5) is 3.47. The van der Waals surface area contributed by atoms with Crippen molar-refractivity contribution in [1.29, 1.82) is 21.0 Å². The Morgan fingerprint density at radius 2 is 0.982 bits per heavy atom. The van der Waals surface area contributed by atoms with Crippen molar-refractivity contribution >= 4 is 28.4 Å². The van der Waals surface area contributed by atoms with Crippen molar-refractivity contribution in [2.45, 2.75) is 60.7 Å². The fraction of sp³-hybridized carbons (Fsp3) is 0.261. The first-order chi connectivity index (χ1) is 27.1. The number of phenols is 2. The molecule has 0 radical (unpaired) electrons. The van der Waals surface area contributed by atoms with Gasteiger partial charge in [0, 0.05) is 50.3 Å². The molecule has 57 heavy (non-hydrogen) atoms. The molecular formula is C46H49N7O4. The molecule has 0 unspecified atom stereocenters. The summed E-state index contributed by atoms with van der Waals surface area (Å²) in [5, 5.41) is 60.5. The third-order valence-electron chi connectivity index (χ3n) is 8.50. The van der Waals surface area contributed by atoms with Crippen molar-refractivity contribution < 1.29 is 19.7 Å². The SMILES string of the molecule is CNc1ccc(C)cc1.Cc1ccc(N(C)c2c(C#N)cc(O)c(O)c2C#N)cc1.Cc1ccc(N(C)c2c(C#N)cc(OC(C)C)c(OC(C)C)c2C#N)cc1. The highest BCUT2D eigenvalue weighted by Crippen LogP contribution is 2.43. The molecule has 0 aromatic heterocycles. The number of hydrogen-bond donors (Lipinski definition) is 3. The molecule has 3 N–H and O–H groups in total. The van der Waals surface area contributed by atoms with Crippen LogP contribution in [0.25, 0.3) is 0 Å². The molecule has 0 heterocycles. The minimum Gasteiger partial charge on any atom is -0.504 e. The van der Waals surface area contributed by atoms with E-state index in [1.165, 1.54) is 11.3 Å². The van der Waals surface area contributed by atoms with E-state index in [4.69, 9.17) is 9.47 Å². The second-order valence-corrected chi connectivity index (χ2v) is 13.7. The molecule has 0 spiro atoms. The van der Waals surface area contributed by atoms with Gasteiger partial charge in [0.15, 0.2) is 23.0 Å². The molecule has 0 aliphatic heterocycles. The summed E-state index contributed by atoms with van der Waals surface area (Å²) in [6, 6.07) is 34.7. The number of rotatable bonds is 9. The van der Waals surface area contributed by atoms with Gasteiger partial charge >= 0.3 is 0 Å². The summed E-state index contributed by atoms with van der Waals surface area (Å²) in [6.07, 6.45) is -0.254. The lowest BCUT2D eigenvalue weighted by Gasteiger charge is -2.26. The van der Waals surface area contributed by atoms with E-state index in [2.05, 4.69) is 48.6 Å². The Kier molecular flexibility index (Phi) is 15.7. The lowest BCUT2D eigenvalue weighted by Crippen LogP contribution is -2.17. The number of anilines is 5. The van der Waals surface area contributed by atoms with Crippen LogP contribution in [0, 0.1) is 66.1 Å². The zero-order valence-corrected chi connectivity index (χ0v) is 34.1. The highest BCUT2D eigenvalue weighted by molar-refractivity contribution is 5.81. The minimum absolute atomic E-state index is 0.113. The molecule has 292 valence electrons. The van der Waals surface area contributed by atoms with Crippen molar-refractivity contribution in [1.82, 2.24) is 0 Å². The molecule has 5 aromatic rings. The molecule has 0 atom stereocenters. The topological polar surface area (TPSA) is 173 Å². The smallest absolute Gasteiger partial charge is 0.181 e. The van der Waals surface area contributed by atoms with Gasteiger partial charge < -0.3 is 34.8 Å². The number of aryl methyl sites for hydroxylation is 3. The summed E-state index contributed by atoms with van der Waals surface area (Å²) in [6.45, 7) is 13.6. The Balaban J connectivity index is 0.000000255. The van der Waals surface area contributed by atoms with E-state index in [0.717, 1.165) is 28.6 Å². The number of aromatic hydroxyl groups is 2. The largest absolute Gasteiger partial charge is 0.504 e. The van der Waals surface area contributed by atoms with E-state index in [9.17, 15) is 31.3 Å². The van der Waals surface area contributed by atoms with Gasteiger partial charge in [0.1, 0.15) is 35.4 Å². The Morgan fingerprint density at radius 3 is 1.37 bits per heavy atom. The maximum absolute atomic E-state index is 9.91. The van der Waals surface area contributed by atoms with Crippen molar-refractivity contribution in [3.05, 3.63) is 124 Å². The lowest BCUT2D eigenvalue weighted by atomic mass is 10.0. The van der Waals surface area contributed by atoms with Gasteiger partial charge in [0.25, 0.3) is 0 Å². The summed E-state index contributed by atoms with van der Waals surface area (Å²) in [7, 11) is 5.45. The summed E-state index contributed by atoms with van der Waals surface area (Å²) in [5.41, 5.74) is 7.74. The normalized spacial score (nSPS) is 9.96. The van der Waals surface area contributed by atoms with Gasteiger partial charge in [-0.05, 0) is 84.9 Å². The first-order valence-electron chi connectivity index (χ1n) is 18.2. The van der Waals surface area contributed by atoms with Gasteiger partial charge in [-0.1, -0.05) is 53.1 Å². The van der Waals surface area contributed by atoms with E-state index < -0.39 is 11.5 Å². The number of hydrogen-bond acceptors (Lipinski definition) is 11. The predicted octanol–water partition coefficient (Wildman–Crippen LogP) is 10.0. The molecule has 0 aliphatic rings. The van der Waals surface area contributed by atoms with Crippen LogP contribution in [-0.4, -0.2) is 43.6 Å². The first-order valence-corrected chi connectivity index (χ1v) is 18.2. The number of benzene rings is 5. The van der Waals surface area contributed by atoms with Crippen LogP contribution in [-0.2, 0) is 0 Å². The third-order valence-corrected chi connectivity index (χ3v) is 8.50. The van der Waals surface area contributed by atoms with Gasteiger partial charge in [-0.2, -0.15) is 21.0 Å². The van der Waals surface area contributed by atoms with Crippen LogP contribution in [0.4, 0.5) is 28.4 Å².